The second kappa shape index (κ2) is 6.39. The molecule has 116 valence electrons. The number of carbonyl (C=O) groups excluding carboxylic acids is 1. The second-order valence-electron chi connectivity index (χ2n) is 5.00. The Kier molecular flexibility index (Phi) is 4.14. The molecular formula is C17H15FN4O. The monoisotopic (exact) mass is 310 g/mol. The van der Waals surface area contributed by atoms with Gasteiger partial charge in [0.15, 0.2) is 5.82 Å². The van der Waals surface area contributed by atoms with Crippen molar-refractivity contribution in [2.24, 2.45) is 0 Å². The summed E-state index contributed by atoms with van der Waals surface area (Å²) in [5, 5.41) is 6.89. The van der Waals surface area contributed by atoms with E-state index in [4.69, 9.17) is 0 Å². The molecule has 0 spiro atoms. The maximum Gasteiger partial charge on any atom is 0.212 e. The van der Waals surface area contributed by atoms with Crippen LogP contribution in [0.1, 0.15) is 12.5 Å². The molecule has 3 aromatic rings. The highest BCUT2D eigenvalue weighted by molar-refractivity contribution is 5.73. The fraction of sp³-hybridized carbons (Fsp3) is 0.118. The molecule has 1 N–H and O–H groups in total. The zero-order valence-electron chi connectivity index (χ0n) is 12.5. The number of rotatable bonds is 5. The third-order valence-corrected chi connectivity index (χ3v) is 3.47. The predicted octanol–water partition coefficient (Wildman–Crippen LogP) is 3.20. The number of pyridine rings is 1. The van der Waals surface area contributed by atoms with E-state index in [1.807, 2.05) is 13.0 Å². The van der Waals surface area contributed by atoms with Gasteiger partial charge in [0.25, 0.3) is 0 Å². The van der Waals surface area contributed by atoms with Gasteiger partial charge in [-0.25, -0.2) is 9.07 Å². The van der Waals surface area contributed by atoms with Crippen LogP contribution in [-0.2, 0) is 11.2 Å². The Hall–Kier alpha value is -3.02. The molecule has 0 fully saturated rings. The first kappa shape index (κ1) is 14.9. The van der Waals surface area contributed by atoms with E-state index in [-0.39, 0.29) is 5.82 Å². The lowest BCUT2D eigenvalue weighted by atomic mass is 10.1. The molecule has 23 heavy (non-hydrogen) atoms. The zero-order chi connectivity index (χ0) is 16.2. The third-order valence-electron chi connectivity index (χ3n) is 3.47. The van der Waals surface area contributed by atoms with Crippen LogP contribution in [0, 0.1) is 5.82 Å². The largest absolute Gasteiger partial charge is 0.312 e. The number of aromatic nitrogens is 3. The number of aryl methyl sites for hydroxylation is 1. The van der Waals surface area contributed by atoms with E-state index < -0.39 is 0 Å². The molecule has 2 aromatic heterocycles. The second-order valence-corrected chi connectivity index (χ2v) is 5.00. The Morgan fingerprint density at radius 1 is 1.26 bits per heavy atom. The summed E-state index contributed by atoms with van der Waals surface area (Å²) in [5.41, 5.74) is 3.15. The Balaban J connectivity index is 2.16. The lowest BCUT2D eigenvalue weighted by molar-refractivity contribution is -0.105. The first-order chi connectivity index (χ1) is 11.2. The van der Waals surface area contributed by atoms with E-state index in [1.165, 1.54) is 12.1 Å². The molecule has 3 rings (SSSR count). The van der Waals surface area contributed by atoms with E-state index in [0.29, 0.717) is 23.5 Å². The molecule has 6 heteroatoms. The Bertz CT molecular complexity index is 844. The SMILES string of the molecule is CCc1cncc(-n2nc(NC=O)cc2-c2cccc(F)c2)c1. The molecular weight excluding hydrogens is 295 g/mol. The summed E-state index contributed by atoms with van der Waals surface area (Å²) < 4.78 is 15.2. The molecule has 0 aliphatic rings. The molecule has 0 atom stereocenters. The summed E-state index contributed by atoms with van der Waals surface area (Å²) in [4.78, 5) is 14.9. The van der Waals surface area contributed by atoms with Crippen molar-refractivity contribution >= 4 is 12.2 Å². The minimum absolute atomic E-state index is 0.333. The van der Waals surface area contributed by atoms with E-state index in [1.54, 1.807) is 35.3 Å². The van der Waals surface area contributed by atoms with Crippen molar-refractivity contribution in [3.8, 4) is 16.9 Å². The number of anilines is 1. The summed E-state index contributed by atoms with van der Waals surface area (Å²) in [6, 6.07) is 9.90. The van der Waals surface area contributed by atoms with Gasteiger partial charge in [-0.2, -0.15) is 0 Å². The standard InChI is InChI=1S/C17H15FN4O/c1-2-12-6-15(10-19-9-12)22-16(8-17(21-22)20-11-23)13-4-3-5-14(18)7-13/h3-11H,2H2,1H3,(H,20,21,23). The molecule has 0 bridgehead atoms. The number of nitrogens with one attached hydrogen (secondary N) is 1. The summed E-state index contributed by atoms with van der Waals surface area (Å²) in [7, 11) is 0. The normalized spacial score (nSPS) is 10.5. The van der Waals surface area contributed by atoms with Gasteiger partial charge in [-0.05, 0) is 30.2 Å². The van der Waals surface area contributed by atoms with Crippen LogP contribution in [-0.4, -0.2) is 21.2 Å². The van der Waals surface area contributed by atoms with Gasteiger partial charge >= 0.3 is 0 Å². The van der Waals surface area contributed by atoms with Crippen molar-refractivity contribution in [2.75, 3.05) is 5.32 Å². The van der Waals surface area contributed by atoms with Gasteiger partial charge in [-0.15, -0.1) is 5.10 Å². The van der Waals surface area contributed by atoms with Crippen molar-refractivity contribution < 1.29 is 9.18 Å². The summed E-state index contributed by atoms with van der Waals surface area (Å²) in [6.45, 7) is 2.04. The molecule has 0 saturated carbocycles. The van der Waals surface area contributed by atoms with Crippen LogP contribution in [0.3, 0.4) is 0 Å². The fourth-order valence-corrected chi connectivity index (χ4v) is 2.35. The van der Waals surface area contributed by atoms with Gasteiger partial charge in [0.05, 0.1) is 17.6 Å². The Labute approximate surface area is 132 Å². The number of benzene rings is 1. The van der Waals surface area contributed by atoms with Crippen molar-refractivity contribution in [1.29, 1.82) is 0 Å². The van der Waals surface area contributed by atoms with Crippen LogP contribution in [0.5, 0.6) is 0 Å². The Morgan fingerprint density at radius 2 is 2.13 bits per heavy atom. The lowest BCUT2D eigenvalue weighted by Gasteiger charge is -2.08. The summed E-state index contributed by atoms with van der Waals surface area (Å²) in [5.74, 6) is 0.0572. The number of hydrogen-bond acceptors (Lipinski definition) is 3. The molecule has 1 aromatic carbocycles. The maximum atomic E-state index is 13.5. The van der Waals surface area contributed by atoms with Crippen molar-refractivity contribution in [2.45, 2.75) is 13.3 Å². The summed E-state index contributed by atoms with van der Waals surface area (Å²) in [6.07, 6.45) is 4.87. The van der Waals surface area contributed by atoms with Crippen LogP contribution < -0.4 is 5.32 Å². The number of carbonyl (C=O) groups is 1. The van der Waals surface area contributed by atoms with Crippen molar-refractivity contribution in [1.82, 2.24) is 14.8 Å². The number of nitrogens with zero attached hydrogens (tertiary/aromatic N) is 3. The van der Waals surface area contributed by atoms with E-state index in [9.17, 15) is 9.18 Å². The first-order valence-electron chi connectivity index (χ1n) is 7.21. The van der Waals surface area contributed by atoms with Gasteiger partial charge in [-0.1, -0.05) is 19.1 Å². The van der Waals surface area contributed by atoms with Gasteiger partial charge in [0, 0.05) is 17.8 Å². The molecule has 0 unspecified atom stereocenters. The van der Waals surface area contributed by atoms with Gasteiger partial charge in [0.2, 0.25) is 6.41 Å². The highest BCUT2D eigenvalue weighted by Crippen LogP contribution is 2.26. The highest BCUT2D eigenvalue weighted by atomic mass is 19.1. The minimum atomic E-state index is -0.333. The molecule has 0 aliphatic heterocycles. The fourth-order valence-electron chi connectivity index (χ4n) is 2.35. The first-order valence-corrected chi connectivity index (χ1v) is 7.21. The molecule has 0 radical (unpaired) electrons. The predicted molar refractivity (Wildman–Crippen MR) is 85.8 cm³/mol. The Morgan fingerprint density at radius 3 is 2.87 bits per heavy atom. The van der Waals surface area contributed by atoms with Crippen LogP contribution in [0.4, 0.5) is 10.2 Å². The molecule has 1 amide bonds. The maximum absolute atomic E-state index is 13.5. The van der Waals surface area contributed by atoms with Crippen LogP contribution in [0.2, 0.25) is 0 Å². The van der Waals surface area contributed by atoms with Gasteiger partial charge in [0.1, 0.15) is 5.82 Å². The number of amides is 1. The van der Waals surface area contributed by atoms with E-state index in [2.05, 4.69) is 15.4 Å². The van der Waals surface area contributed by atoms with Gasteiger partial charge in [-0.3, -0.25) is 9.78 Å². The molecule has 0 aliphatic carbocycles. The smallest absolute Gasteiger partial charge is 0.212 e. The number of hydrogen-bond donors (Lipinski definition) is 1. The molecule has 2 heterocycles. The highest BCUT2D eigenvalue weighted by Gasteiger charge is 2.13. The van der Waals surface area contributed by atoms with Crippen molar-refractivity contribution in [3.05, 3.63) is 60.2 Å². The minimum Gasteiger partial charge on any atom is -0.312 e. The number of halogens is 1. The van der Waals surface area contributed by atoms with Crippen LogP contribution in [0.25, 0.3) is 16.9 Å². The lowest BCUT2D eigenvalue weighted by Crippen LogP contribution is -2.02. The van der Waals surface area contributed by atoms with E-state index in [0.717, 1.165) is 17.7 Å². The van der Waals surface area contributed by atoms with Crippen LogP contribution in [0.15, 0.2) is 48.8 Å². The molecule has 0 saturated heterocycles. The topological polar surface area (TPSA) is 59.8 Å². The zero-order valence-corrected chi connectivity index (χ0v) is 12.5. The summed E-state index contributed by atoms with van der Waals surface area (Å²) >= 11 is 0. The average Bonchev–Trinajstić information content (AvgIpc) is 2.99. The van der Waals surface area contributed by atoms with E-state index >= 15 is 0 Å². The van der Waals surface area contributed by atoms with Crippen molar-refractivity contribution in [3.63, 3.8) is 0 Å². The van der Waals surface area contributed by atoms with Gasteiger partial charge < -0.3 is 5.32 Å². The quantitative estimate of drug-likeness (QED) is 0.736. The average molecular weight is 310 g/mol. The molecule has 5 nitrogen and oxygen atoms in total. The third kappa shape index (κ3) is 3.11. The van der Waals surface area contributed by atoms with Crippen LogP contribution >= 0.6 is 0 Å².